The Kier molecular flexibility index (Phi) is 7.77. The van der Waals surface area contributed by atoms with Gasteiger partial charge in [-0.25, -0.2) is 13.8 Å². The third-order valence-electron chi connectivity index (χ3n) is 8.62. The normalized spacial score (nSPS) is 24.6. The van der Waals surface area contributed by atoms with E-state index >= 15 is 8.78 Å². The van der Waals surface area contributed by atoms with Crippen LogP contribution in [0, 0.1) is 36.3 Å². The fourth-order valence-corrected chi connectivity index (χ4v) is 6.74. The van der Waals surface area contributed by atoms with Crippen LogP contribution in [-0.2, 0) is 0 Å². The van der Waals surface area contributed by atoms with E-state index < -0.39 is 24.0 Å². The summed E-state index contributed by atoms with van der Waals surface area (Å²) in [6.07, 6.45) is 10.7. The monoisotopic (exact) mass is 517 g/mol. The van der Waals surface area contributed by atoms with Gasteiger partial charge in [-0.15, -0.1) is 0 Å². The van der Waals surface area contributed by atoms with Gasteiger partial charge in [0, 0.05) is 5.56 Å². The molecule has 0 spiro atoms. The average molecular weight is 518 g/mol. The largest absolute Gasteiger partial charge is 0.436 e. The predicted molar refractivity (Wildman–Crippen MR) is 136 cm³/mol. The molecule has 0 aliphatic heterocycles. The molecule has 0 radical (unpaired) electrons. The predicted octanol–water partition coefficient (Wildman–Crippen LogP) is 9.56. The number of halogens is 4. The van der Waals surface area contributed by atoms with Crippen LogP contribution in [0.15, 0.2) is 28.7 Å². The lowest BCUT2D eigenvalue weighted by Crippen LogP contribution is -2.26. The molecule has 3 nitrogen and oxygen atoms in total. The molecule has 7 heteroatoms. The van der Waals surface area contributed by atoms with Crippen molar-refractivity contribution in [2.45, 2.75) is 90.6 Å². The van der Waals surface area contributed by atoms with Crippen LogP contribution in [0.25, 0.3) is 22.6 Å². The molecule has 2 aliphatic rings. The van der Waals surface area contributed by atoms with Gasteiger partial charge in [0.1, 0.15) is 11.3 Å². The molecule has 2 aromatic carbocycles. The highest BCUT2D eigenvalue weighted by molar-refractivity contribution is 5.78. The Bertz CT molecular complexity index is 1220. The van der Waals surface area contributed by atoms with E-state index in [1.165, 1.54) is 38.5 Å². The van der Waals surface area contributed by atoms with Gasteiger partial charge in [-0.05, 0) is 92.9 Å². The Morgan fingerprint density at radius 3 is 2.30 bits per heavy atom. The van der Waals surface area contributed by atoms with E-state index in [9.17, 15) is 8.78 Å². The highest BCUT2D eigenvalue weighted by atomic mass is 19.3. The van der Waals surface area contributed by atoms with Gasteiger partial charge >= 0.3 is 6.61 Å². The molecule has 2 aliphatic carbocycles. The van der Waals surface area contributed by atoms with E-state index in [4.69, 9.17) is 4.42 Å². The number of aryl methyl sites for hydroxylation is 1. The first-order valence-electron chi connectivity index (χ1n) is 13.7. The number of oxazole rings is 1. The van der Waals surface area contributed by atoms with Gasteiger partial charge < -0.3 is 9.15 Å². The van der Waals surface area contributed by atoms with Crippen LogP contribution in [0.2, 0.25) is 0 Å². The maximum absolute atomic E-state index is 15.7. The van der Waals surface area contributed by atoms with Crippen LogP contribution in [0.1, 0.15) is 88.2 Å². The molecule has 1 aromatic heterocycles. The first kappa shape index (κ1) is 26.1. The minimum Gasteiger partial charge on any atom is -0.436 e. The van der Waals surface area contributed by atoms with Crippen molar-refractivity contribution in [3.8, 4) is 17.2 Å². The van der Waals surface area contributed by atoms with Crippen molar-refractivity contribution in [2.75, 3.05) is 0 Å². The quantitative estimate of drug-likeness (QED) is 0.293. The summed E-state index contributed by atoms with van der Waals surface area (Å²) in [5.41, 5.74) is 1.40. The molecule has 1 heterocycles. The van der Waals surface area contributed by atoms with Gasteiger partial charge in [-0.3, -0.25) is 0 Å². The van der Waals surface area contributed by atoms with Crippen molar-refractivity contribution >= 4 is 11.1 Å². The van der Waals surface area contributed by atoms with Gasteiger partial charge in [0.05, 0.1) is 5.56 Å². The Hall–Kier alpha value is -2.57. The van der Waals surface area contributed by atoms with Crippen molar-refractivity contribution in [2.24, 2.45) is 17.8 Å². The van der Waals surface area contributed by atoms with Gasteiger partial charge in [-0.1, -0.05) is 38.7 Å². The van der Waals surface area contributed by atoms with E-state index in [-0.39, 0.29) is 22.9 Å². The SMILES string of the molecule is CCCC1CCC(C2CCC(c3c(F)cc(-c4nc5cc(C)ccc5o4)c(OC(F)F)c3F)CC2)CC1. The number of benzene rings is 2. The topological polar surface area (TPSA) is 35.3 Å². The van der Waals surface area contributed by atoms with Crippen molar-refractivity contribution in [3.63, 3.8) is 0 Å². The number of hydrogen-bond donors (Lipinski definition) is 0. The molecule has 3 aromatic rings. The lowest BCUT2D eigenvalue weighted by Gasteiger charge is -2.38. The Labute approximate surface area is 215 Å². The molecule has 0 atom stereocenters. The molecule has 0 bridgehead atoms. The number of rotatable bonds is 7. The lowest BCUT2D eigenvalue weighted by atomic mass is 9.68. The Balaban J connectivity index is 1.38. The van der Waals surface area contributed by atoms with Crippen molar-refractivity contribution in [1.82, 2.24) is 4.98 Å². The summed E-state index contributed by atoms with van der Waals surface area (Å²) in [6, 6.07) is 6.29. The molecule has 37 heavy (non-hydrogen) atoms. The molecule has 0 N–H and O–H groups in total. The van der Waals surface area contributed by atoms with E-state index in [2.05, 4.69) is 16.6 Å². The number of aromatic nitrogens is 1. The molecular formula is C30H35F4NO2. The molecule has 2 fully saturated rings. The molecular weight excluding hydrogens is 482 g/mol. The fraction of sp³-hybridized carbons (Fsp3) is 0.567. The van der Waals surface area contributed by atoms with Crippen molar-refractivity contribution in [1.29, 1.82) is 0 Å². The van der Waals surface area contributed by atoms with Gasteiger partial charge in [0.15, 0.2) is 17.1 Å². The second kappa shape index (κ2) is 11.0. The molecule has 200 valence electrons. The van der Waals surface area contributed by atoms with E-state index in [1.54, 1.807) is 12.1 Å². The molecule has 0 saturated heterocycles. The first-order valence-corrected chi connectivity index (χ1v) is 13.7. The van der Waals surface area contributed by atoms with E-state index in [0.29, 0.717) is 35.8 Å². The Morgan fingerprint density at radius 1 is 0.973 bits per heavy atom. The zero-order valence-electron chi connectivity index (χ0n) is 21.5. The summed E-state index contributed by atoms with van der Waals surface area (Å²) in [4.78, 5) is 4.29. The van der Waals surface area contributed by atoms with Crippen molar-refractivity contribution < 1.29 is 26.7 Å². The number of ether oxygens (including phenoxy) is 1. The first-order chi connectivity index (χ1) is 17.8. The van der Waals surface area contributed by atoms with Gasteiger partial charge in [-0.2, -0.15) is 8.78 Å². The second-order valence-electron chi connectivity index (χ2n) is 11.0. The van der Waals surface area contributed by atoms with Crippen molar-refractivity contribution in [3.05, 3.63) is 47.0 Å². The van der Waals surface area contributed by atoms with Crippen LogP contribution < -0.4 is 4.74 Å². The minimum absolute atomic E-state index is 0.150. The van der Waals surface area contributed by atoms with Gasteiger partial charge in [0.2, 0.25) is 5.89 Å². The average Bonchev–Trinajstić information content (AvgIpc) is 3.29. The molecule has 0 amide bonds. The summed E-state index contributed by atoms with van der Waals surface area (Å²) in [5, 5.41) is 0. The number of hydrogen-bond acceptors (Lipinski definition) is 3. The van der Waals surface area contributed by atoms with E-state index in [0.717, 1.165) is 30.4 Å². The number of alkyl halides is 2. The minimum atomic E-state index is -3.27. The van der Waals surface area contributed by atoms with Crippen LogP contribution in [-0.4, -0.2) is 11.6 Å². The third kappa shape index (κ3) is 5.51. The molecule has 0 unspecified atom stereocenters. The number of nitrogens with zero attached hydrogens (tertiary/aromatic N) is 1. The highest BCUT2D eigenvalue weighted by Gasteiger charge is 2.35. The lowest BCUT2D eigenvalue weighted by molar-refractivity contribution is -0.0520. The maximum atomic E-state index is 15.7. The smallest absolute Gasteiger partial charge is 0.387 e. The summed E-state index contributed by atoms with van der Waals surface area (Å²) in [7, 11) is 0. The fourth-order valence-electron chi connectivity index (χ4n) is 6.74. The Morgan fingerprint density at radius 2 is 1.65 bits per heavy atom. The second-order valence-corrected chi connectivity index (χ2v) is 11.0. The zero-order chi connectivity index (χ0) is 26.1. The number of fused-ring (bicyclic) bond motifs is 1. The van der Waals surface area contributed by atoms with E-state index in [1.807, 2.05) is 13.0 Å². The summed E-state index contributed by atoms with van der Waals surface area (Å²) in [6.45, 7) is 0.848. The highest BCUT2D eigenvalue weighted by Crippen LogP contribution is 2.47. The third-order valence-corrected chi connectivity index (χ3v) is 8.62. The van der Waals surface area contributed by atoms with Crippen LogP contribution in [0.5, 0.6) is 5.75 Å². The summed E-state index contributed by atoms with van der Waals surface area (Å²) < 4.78 is 68.1. The van der Waals surface area contributed by atoms with Gasteiger partial charge in [0.25, 0.3) is 0 Å². The molecule has 5 rings (SSSR count). The maximum Gasteiger partial charge on any atom is 0.387 e. The zero-order valence-corrected chi connectivity index (χ0v) is 21.5. The van der Waals surface area contributed by atoms with Crippen LogP contribution in [0.4, 0.5) is 17.6 Å². The van der Waals surface area contributed by atoms with Crippen LogP contribution in [0.3, 0.4) is 0 Å². The molecule has 2 saturated carbocycles. The van der Waals surface area contributed by atoms with Crippen LogP contribution >= 0.6 is 0 Å². The summed E-state index contributed by atoms with van der Waals surface area (Å²) >= 11 is 0. The standard InChI is InChI=1S/C30H35F4NO2/c1-3-4-18-6-8-19(9-7-18)20-10-12-21(13-11-20)26-23(31)16-22(28(27(26)32)37-30(33)34)29-35-24-15-17(2)5-14-25(24)36-29/h5,14-16,18-21,30H,3-4,6-13H2,1-2H3. The summed E-state index contributed by atoms with van der Waals surface area (Å²) in [5.74, 6) is -0.955.